The minimum Gasteiger partial charge on any atom is -0.466 e. The second-order valence-electron chi connectivity index (χ2n) is 5.80. The average Bonchev–Trinajstić information content (AvgIpc) is 2.43. The molecular weight excluding hydrogens is 248 g/mol. The van der Waals surface area contributed by atoms with Gasteiger partial charge in [-0.2, -0.15) is 0 Å². The molecular formula is C18H28O2. The van der Waals surface area contributed by atoms with E-state index in [4.69, 9.17) is 4.74 Å². The number of carbonyl (C=O) groups excluding carboxylic acids is 1. The van der Waals surface area contributed by atoms with E-state index in [0.717, 1.165) is 31.6 Å². The number of hydrogen-bond acceptors (Lipinski definition) is 2. The molecule has 0 aliphatic heterocycles. The summed E-state index contributed by atoms with van der Waals surface area (Å²) in [4.78, 5) is 11.6. The van der Waals surface area contributed by atoms with Crippen LogP contribution in [0.5, 0.6) is 0 Å². The second-order valence-corrected chi connectivity index (χ2v) is 5.80. The Morgan fingerprint density at radius 1 is 1.05 bits per heavy atom. The van der Waals surface area contributed by atoms with Crippen molar-refractivity contribution in [2.75, 3.05) is 6.61 Å². The SMILES string of the molecule is CC(C)CCCCCOC(=O)CCCc1ccccc1. The Labute approximate surface area is 123 Å². The van der Waals surface area contributed by atoms with Crippen LogP contribution in [0.4, 0.5) is 0 Å². The fourth-order valence-corrected chi connectivity index (χ4v) is 2.17. The lowest BCUT2D eigenvalue weighted by Gasteiger charge is -2.06. The van der Waals surface area contributed by atoms with Crippen molar-refractivity contribution in [3.8, 4) is 0 Å². The van der Waals surface area contributed by atoms with E-state index in [-0.39, 0.29) is 5.97 Å². The third kappa shape index (κ3) is 8.73. The molecule has 0 aliphatic rings. The van der Waals surface area contributed by atoms with Crippen molar-refractivity contribution in [2.45, 2.75) is 58.8 Å². The van der Waals surface area contributed by atoms with E-state index < -0.39 is 0 Å². The van der Waals surface area contributed by atoms with Gasteiger partial charge in [0.05, 0.1) is 6.61 Å². The second kappa shape index (κ2) is 10.5. The Bertz CT molecular complexity index is 357. The smallest absolute Gasteiger partial charge is 0.305 e. The first kappa shape index (κ1) is 16.7. The van der Waals surface area contributed by atoms with Gasteiger partial charge in [0.2, 0.25) is 0 Å². The van der Waals surface area contributed by atoms with E-state index in [2.05, 4.69) is 26.0 Å². The van der Waals surface area contributed by atoms with Crippen molar-refractivity contribution in [1.82, 2.24) is 0 Å². The molecule has 2 nitrogen and oxygen atoms in total. The minimum atomic E-state index is -0.0511. The van der Waals surface area contributed by atoms with Crippen LogP contribution < -0.4 is 0 Å². The van der Waals surface area contributed by atoms with Crippen LogP contribution >= 0.6 is 0 Å². The van der Waals surface area contributed by atoms with E-state index in [0.29, 0.717) is 13.0 Å². The first-order valence-electron chi connectivity index (χ1n) is 7.88. The fraction of sp³-hybridized carbons (Fsp3) is 0.611. The summed E-state index contributed by atoms with van der Waals surface area (Å²) in [6.07, 6.45) is 7.02. The quantitative estimate of drug-likeness (QED) is 0.454. The molecule has 0 N–H and O–H groups in total. The highest BCUT2D eigenvalue weighted by Gasteiger charge is 2.03. The van der Waals surface area contributed by atoms with Crippen molar-refractivity contribution in [2.24, 2.45) is 5.92 Å². The Balaban J connectivity index is 1.95. The lowest BCUT2D eigenvalue weighted by atomic mass is 10.1. The van der Waals surface area contributed by atoms with Gasteiger partial charge in [0.1, 0.15) is 0 Å². The largest absolute Gasteiger partial charge is 0.466 e. The molecule has 0 saturated heterocycles. The lowest BCUT2D eigenvalue weighted by Crippen LogP contribution is -2.06. The van der Waals surface area contributed by atoms with Gasteiger partial charge in [0.15, 0.2) is 0 Å². The number of ether oxygens (including phenoxy) is 1. The normalized spacial score (nSPS) is 10.8. The van der Waals surface area contributed by atoms with Crippen LogP contribution in [0, 0.1) is 5.92 Å². The molecule has 0 spiro atoms. The summed E-state index contributed by atoms with van der Waals surface area (Å²) < 4.78 is 5.25. The van der Waals surface area contributed by atoms with Gasteiger partial charge in [0, 0.05) is 6.42 Å². The molecule has 112 valence electrons. The number of unbranched alkanes of at least 4 members (excludes halogenated alkanes) is 2. The maximum atomic E-state index is 11.6. The van der Waals surface area contributed by atoms with Crippen LogP contribution in [-0.4, -0.2) is 12.6 Å². The monoisotopic (exact) mass is 276 g/mol. The van der Waals surface area contributed by atoms with Crippen LogP contribution in [-0.2, 0) is 16.0 Å². The highest BCUT2D eigenvalue weighted by molar-refractivity contribution is 5.69. The standard InChI is InChI=1S/C18H28O2/c1-16(2)10-5-4-8-15-20-18(19)14-9-13-17-11-6-3-7-12-17/h3,6-7,11-12,16H,4-5,8-10,13-15H2,1-2H3. The van der Waals surface area contributed by atoms with Gasteiger partial charge >= 0.3 is 5.97 Å². The molecule has 2 heteroatoms. The summed E-state index contributed by atoms with van der Waals surface area (Å²) in [5, 5.41) is 0. The van der Waals surface area contributed by atoms with Gasteiger partial charge in [-0.05, 0) is 30.7 Å². The minimum absolute atomic E-state index is 0.0511. The molecule has 0 radical (unpaired) electrons. The van der Waals surface area contributed by atoms with E-state index in [1.165, 1.54) is 18.4 Å². The van der Waals surface area contributed by atoms with Crippen molar-refractivity contribution in [3.05, 3.63) is 35.9 Å². The summed E-state index contributed by atoms with van der Waals surface area (Å²) in [5.41, 5.74) is 1.29. The highest BCUT2D eigenvalue weighted by atomic mass is 16.5. The van der Waals surface area contributed by atoms with Crippen LogP contribution in [0.25, 0.3) is 0 Å². The fourth-order valence-electron chi connectivity index (χ4n) is 2.17. The molecule has 20 heavy (non-hydrogen) atoms. The van der Waals surface area contributed by atoms with Crippen molar-refractivity contribution in [1.29, 1.82) is 0 Å². The number of benzene rings is 1. The van der Waals surface area contributed by atoms with Crippen LogP contribution in [0.15, 0.2) is 30.3 Å². The van der Waals surface area contributed by atoms with Crippen LogP contribution in [0.1, 0.15) is 57.9 Å². The first-order chi connectivity index (χ1) is 9.68. The van der Waals surface area contributed by atoms with Gasteiger partial charge in [0.25, 0.3) is 0 Å². The van der Waals surface area contributed by atoms with E-state index >= 15 is 0 Å². The molecule has 0 saturated carbocycles. The van der Waals surface area contributed by atoms with Crippen molar-refractivity contribution >= 4 is 5.97 Å². The summed E-state index contributed by atoms with van der Waals surface area (Å²) in [5.74, 6) is 0.723. The zero-order chi connectivity index (χ0) is 14.6. The molecule has 0 aliphatic carbocycles. The van der Waals surface area contributed by atoms with Crippen molar-refractivity contribution in [3.63, 3.8) is 0 Å². The first-order valence-corrected chi connectivity index (χ1v) is 7.88. The molecule has 0 bridgehead atoms. The van der Waals surface area contributed by atoms with E-state index in [9.17, 15) is 4.79 Å². The predicted molar refractivity (Wildman–Crippen MR) is 83.6 cm³/mol. The number of esters is 1. The summed E-state index contributed by atoms with van der Waals surface area (Å²) in [7, 11) is 0. The highest BCUT2D eigenvalue weighted by Crippen LogP contribution is 2.09. The van der Waals surface area contributed by atoms with Crippen LogP contribution in [0.3, 0.4) is 0 Å². The Kier molecular flexibility index (Phi) is 8.77. The molecule has 0 atom stereocenters. The molecule has 1 rings (SSSR count). The van der Waals surface area contributed by atoms with Gasteiger partial charge in [-0.15, -0.1) is 0 Å². The summed E-state index contributed by atoms with van der Waals surface area (Å²) in [6, 6.07) is 10.3. The van der Waals surface area contributed by atoms with Gasteiger partial charge in [-0.1, -0.05) is 63.4 Å². The number of carbonyl (C=O) groups is 1. The third-order valence-electron chi connectivity index (χ3n) is 3.38. The van der Waals surface area contributed by atoms with Crippen molar-refractivity contribution < 1.29 is 9.53 Å². The Hall–Kier alpha value is -1.31. The molecule has 0 amide bonds. The van der Waals surface area contributed by atoms with Gasteiger partial charge < -0.3 is 4.74 Å². The predicted octanol–water partition coefficient (Wildman–Crippen LogP) is 4.77. The Morgan fingerprint density at radius 2 is 1.80 bits per heavy atom. The number of rotatable bonds is 10. The number of aryl methyl sites for hydroxylation is 1. The topological polar surface area (TPSA) is 26.3 Å². The molecule has 0 unspecified atom stereocenters. The van der Waals surface area contributed by atoms with E-state index in [1.54, 1.807) is 0 Å². The zero-order valence-corrected chi connectivity index (χ0v) is 12.9. The van der Waals surface area contributed by atoms with Gasteiger partial charge in [-0.25, -0.2) is 0 Å². The summed E-state index contributed by atoms with van der Waals surface area (Å²) in [6.45, 7) is 5.07. The lowest BCUT2D eigenvalue weighted by molar-refractivity contribution is -0.143. The molecule has 0 fully saturated rings. The molecule has 1 aromatic carbocycles. The molecule has 1 aromatic rings. The average molecular weight is 276 g/mol. The Morgan fingerprint density at radius 3 is 2.50 bits per heavy atom. The maximum absolute atomic E-state index is 11.6. The third-order valence-corrected chi connectivity index (χ3v) is 3.38. The van der Waals surface area contributed by atoms with Gasteiger partial charge in [-0.3, -0.25) is 4.79 Å². The van der Waals surface area contributed by atoms with Crippen LogP contribution in [0.2, 0.25) is 0 Å². The molecule has 0 heterocycles. The number of hydrogen-bond donors (Lipinski definition) is 0. The molecule has 0 aromatic heterocycles. The maximum Gasteiger partial charge on any atom is 0.305 e. The summed E-state index contributed by atoms with van der Waals surface area (Å²) >= 11 is 0. The van der Waals surface area contributed by atoms with E-state index in [1.807, 2.05) is 18.2 Å². The zero-order valence-electron chi connectivity index (χ0n) is 12.9.